The Hall–Kier alpha value is -2.37. The molecule has 0 spiro atoms. The zero-order chi connectivity index (χ0) is 19.3. The molecule has 1 fully saturated rings. The van der Waals surface area contributed by atoms with Gasteiger partial charge in [0.15, 0.2) is 17.3 Å². The summed E-state index contributed by atoms with van der Waals surface area (Å²) in [5.41, 5.74) is 1.89. The SMILES string of the molecule is O=C(CC(O)C1CCN(Cc2ccccc2)CC1)c1ccc2c(c1)OCCO2. The third kappa shape index (κ3) is 4.54. The zero-order valence-corrected chi connectivity index (χ0v) is 16.0. The number of likely N-dealkylation sites (tertiary alicyclic amines) is 1. The van der Waals surface area contributed by atoms with Crippen molar-refractivity contribution in [2.75, 3.05) is 26.3 Å². The normalized spacial score (nSPS) is 18.6. The number of nitrogens with zero attached hydrogens (tertiary/aromatic N) is 1. The Morgan fingerprint density at radius 2 is 1.75 bits per heavy atom. The lowest BCUT2D eigenvalue weighted by molar-refractivity contribution is 0.0476. The van der Waals surface area contributed by atoms with Gasteiger partial charge >= 0.3 is 0 Å². The molecule has 2 aliphatic rings. The number of hydrogen-bond donors (Lipinski definition) is 1. The van der Waals surface area contributed by atoms with Crippen molar-refractivity contribution in [1.82, 2.24) is 4.90 Å². The van der Waals surface area contributed by atoms with Crippen LogP contribution in [0, 0.1) is 5.92 Å². The van der Waals surface area contributed by atoms with Crippen LogP contribution >= 0.6 is 0 Å². The molecular formula is C23H27NO4. The number of ether oxygens (including phenoxy) is 2. The fourth-order valence-electron chi connectivity index (χ4n) is 4.03. The quantitative estimate of drug-likeness (QED) is 0.778. The van der Waals surface area contributed by atoms with E-state index in [0.717, 1.165) is 32.5 Å². The highest BCUT2D eigenvalue weighted by atomic mass is 16.6. The first-order valence-corrected chi connectivity index (χ1v) is 10.1. The summed E-state index contributed by atoms with van der Waals surface area (Å²) in [5.74, 6) is 1.42. The van der Waals surface area contributed by atoms with E-state index in [0.29, 0.717) is 30.3 Å². The summed E-state index contributed by atoms with van der Waals surface area (Å²) in [5, 5.41) is 10.6. The van der Waals surface area contributed by atoms with Crippen LogP contribution in [0.2, 0.25) is 0 Å². The maximum absolute atomic E-state index is 12.6. The van der Waals surface area contributed by atoms with Crippen LogP contribution in [0.5, 0.6) is 11.5 Å². The Bertz CT molecular complexity index is 800. The minimum Gasteiger partial charge on any atom is -0.486 e. The molecule has 28 heavy (non-hydrogen) atoms. The molecule has 0 aromatic heterocycles. The van der Waals surface area contributed by atoms with Crippen LogP contribution in [-0.2, 0) is 6.54 Å². The molecule has 1 unspecified atom stereocenters. The molecule has 148 valence electrons. The zero-order valence-electron chi connectivity index (χ0n) is 16.0. The number of piperidine rings is 1. The Labute approximate surface area is 165 Å². The van der Waals surface area contributed by atoms with E-state index in [4.69, 9.17) is 9.47 Å². The molecule has 0 bridgehead atoms. The molecule has 0 aliphatic carbocycles. The first-order chi connectivity index (χ1) is 13.7. The topological polar surface area (TPSA) is 59.0 Å². The van der Waals surface area contributed by atoms with Gasteiger partial charge in [0.1, 0.15) is 13.2 Å². The number of aliphatic hydroxyl groups is 1. The highest BCUT2D eigenvalue weighted by Crippen LogP contribution is 2.32. The molecule has 0 amide bonds. The van der Waals surface area contributed by atoms with Crippen molar-refractivity contribution in [3.05, 3.63) is 59.7 Å². The summed E-state index contributed by atoms with van der Waals surface area (Å²) in [7, 11) is 0. The number of Topliss-reactive ketones (excluding diaryl/α,β-unsaturated/α-hetero) is 1. The van der Waals surface area contributed by atoms with Gasteiger partial charge in [-0.25, -0.2) is 0 Å². The lowest BCUT2D eigenvalue weighted by Gasteiger charge is -2.34. The van der Waals surface area contributed by atoms with Gasteiger partial charge in [-0.15, -0.1) is 0 Å². The average molecular weight is 381 g/mol. The van der Waals surface area contributed by atoms with Gasteiger partial charge < -0.3 is 14.6 Å². The minimum atomic E-state index is -0.598. The van der Waals surface area contributed by atoms with Gasteiger partial charge in [-0.05, 0) is 55.6 Å². The van der Waals surface area contributed by atoms with Crippen molar-refractivity contribution < 1.29 is 19.4 Å². The number of carbonyl (C=O) groups is 1. The van der Waals surface area contributed by atoms with Crippen molar-refractivity contribution in [3.63, 3.8) is 0 Å². The molecule has 1 saturated heterocycles. The summed E-state index contributed by atoms with van der Waals surface area (Å²) >= 11 is 0. The van der Waals surface area contributed by atoms with Crippen molar-refractivity contribution in [1.29, 1.82) is 0 Å². The number of carbonyl (C=O) groups excluding carboxylic acids is 1. The number of aliphatic hydroxyl groups excluding tert-OH is 1. The van der Waals surface area contributed by atoms with E-state index in [2.05, 4.69) is 29.2 Å². The minimum absolute atomic E-state index is 0.0452. The van der Waals surface area contributed by atoms with Crippen molar-refractivity contribution in [2.45, 2.75) is 31.9 Å². The van der Waals surface area contributed by atoms with E-state index in [-0.39, 0.29) is 18.1 Å². The molecule has 0 radical (unpaired) electrons. The molecule has 5 heteroatoms. The molecular weight excluding hydrogens is 354 g/mol. The molecule has 1 N–H and O–H groups in total. The van der Waals surface area contributed by atoms with E-state index >= 15 is 0 Å². The third-order valence-electron chi connectivity index (χ3n) is 5.68. The first kappa shape index (κ1) is 19.0. The Balaban J connectivity index is 1.28. The van der Waals surface area contributed by atoms with E-state index < -0.39 is 6.10 Å². The maximum atomic E-state index is 12.6. The van der Waals surface area contributed by atoms with Crippen LogP contribution in [0.3, 0.4) is 0 Å². The van der Waals surface area contributed by atoms with Gasteiger partial charge in [0.05, 0.1) is 6.10 Å². The second-order valence-corrected chi connectivity index (χ2v) is 7.65. The van der Waals surface area contributed by atoms with Crippen molar-refractivity contribution in [2.24, 2.45) is 5.92 Å². The fourth-order valence-corrected chi connectivity index (χ4v) is 4.03. The van der Waals surface area contributed by atoms with Crippen LogP contribution < -0.4 is 9.47 Å². The van der Waals surface area contributed by atoms with E-state index in [1.807, 2.05) is 6.07 Å². The van der Waals surface area contributed by atoms with Gasteiger partial charge in [-0.3, -0.25) is 9.69 Å². The average Bonchev–Trinajstić information content (AvgIpc) is 2.74. The van der Waals surface area contributed by atoms with Gasteiger partial charge in [-0.1, -0.05) is 30.3 Å². The maximum Gasteiger partial charge on any atom is 0.165 e. The largest absolute Gasteiger partial charge is 0.486 e. The summed E-state index contributed by atoms with van der Waals surface area (Å²) in [6, 6.07) is 15.7. The standard InChI is InChI=1S/C23H27NO4/c25-20(15-21(26)19-6-7-22-23(14-19)28-13-12-27-22)18-8-10-24(11-9-18)16-17-4-2-1-3-5-17/h1-7,14,18,20,25H,8-13,15-16H2. The van der Waals surface area contributed by atoms with Gasteiger partial charge in [0, 0.05) is 18.5 Å². The van der Waals surface area contributed by atoms with Crippen LogP contribution in [0.15, 0.2) is 48.5 Å². The van der Waals surface area contributed by atoms with E-state index in [9.17, 15) is 9.90 Å². The fraction of sp³-hybridized carbons (Fsp3) is 0.435. The van der Waals surface area contributed by atoms with Crippen LogP contribution in [0.4, 0.5) is 0 Å². The molecule has 2 aliphatic heterocycles. The van der Waals surface area contributed by atoms with Crippen molar-refractivity contribution >= 4 is 5.78 Å². The number of ketones is 1. The summed E-state index contributed by atoms with van der Waals surface area (Å²) < 4.78 is 11.0. The Morgan fingerprint density at radius 3 is 2.50 bits per heavy atom. The molecule has 2 aromatic carbocycles. The second-order valence-electron chi connectivity index (χ2n) is 7.65. The highest BCUT2D eigenvalue weighted by molar-refractivity contribution is 5.97. The second kappa shape index (κ2) is 8.76. The number of fused-ring (bicyclic) bond motifs is 1. The van der Waals surface area contributed by atoms with Gasteiger partial charge in [-0.2, -0.15) is 0 Å². The monoisotopic (exact) mass is 381 g/mol. The summed E-state index contributed by atoms with van der Waals surface area (Å²) in [4.78, 5) is 15.0. The molecule has 5 nitrogen and oxygen atoms in total. The first-order valence-electron chi connectivity index (χ1n) is 10.1. The van der Waals surface area contributed by atoms with E-state index in [1.165, 1.54) is 5.56 Å². The summed E-state index contributed by atoms with van der Waals surface area (Å²) in [6.07, 6.45) is 1.40. The Kier molecular flexibility index (Phi) is 5.93. The Morgan fingerprint density at radius 1 is 1.04 bits per heavy atom. The van der Waals surface area contributed by atoms with Gasteiger partial charge in [0.25, 0.3) is 0 Å². The molecule has 0 saturated carbocycles. The molecule has 2 aromatic rings. The van der Waals surface area contributed by atoms with Crippen LogP contribution in [0.1, 0.15) is 35.2 Å². The molecule has 1 atom stereocenters. The lowest BCUT2D eigenvalue weighted by Crippen LogP contribution is -2.38. The van der Waals surface area contributed by atoms with Crippen LogP contribution in [-0.4, -0.2) is 48.2 Å². The number of rotatable bonds is 6. The predicted octanol–water partition coefficient (Wildman–Crippen LogP) is 3.30. The third-order valence-corrected chi connectivity index (χ3v) is 5.68. The summed E-state index contributed by atoms with van der Waals surface area (Å²) in [6.45, 7) is 3.88. The smallest absolute Gasteiger partial charge is 0.165 e. The number of benzene rings is 2. The number of hydrogen-bond acceptors (Lipinski definition) is 5. The van der Waals surface area contributed by atoms with Crippen molar-refractivity contribution in [3.8, 4) is 11.5 Å². The van der Waals surface area contributed by atoms with Gasteiger partial charge in [0.2, 0.25) is 0 Å². The lowest BCUT2D eigenvalue weighted by atomic mass is 9.87. The highest BCUT2D eigenvalue weighted by Gasteiger charge is 2.27. The van der Waals surface area contributed by atoms with E-state index in [1.54, 1.807) is 18.2 Å². The predicted molar refractivity (Wildman–Crippen MR) is 107 cm³/mol. The molecule has 2 heterocycles. The molecule has 4 rings (SSSR count). The van der Waals surface area contributed by atoms with Crippen LogP contribution in [0.25, 0.3) is 0 Å².